The second kappa shape index (κ2) is 4.56. The fourth-order valence-electron chi connectivity index (χ4n) is 0.958. The van der Waals surface area contributed by atoms with E-state index in [1.807, 2.05) is 0 Å². The van der Waals surface area contributed by atoms with Crippen LogP contribution in [0.15, 0.2) is 12.1 Å². The van der Waals surface area contributed by atoms with Gasteiger partial charge in [0.15, 0.2) is 5.69 Å². The summed E-state index contributed by atoms with van der Waals surface area (Å²) in [7, 11) is 0. The Hall–Kier alpha value is -1.89. The molecule has 0 aliphatic heterocycles. The second-order valence-electron chi connectivity index (χ2n) is 3.07. The molecule has 0 radical (unpaired) electrons. The van der Waals surface area contributed by atoms with E-state index in [1.165, 1.54) is 19.1 Å². The van der Waals surface area contributed by atoms with Crippen molar-refractivity contribution in [3.8, 4) is 0 Å². The molecule has 0 saturated carbocycles. The highest BCUT2D eigenvalue weighted by Gasteiger charge is 2.14. The van der Waals surface area contributed by atoms with E-state index in [-0.39, 0.29) is 18.1 Å². The molecule has 0 aliphatic carbocycles. The fraction of sp³-hybridized carbons (Fsp3) is 0.375. The molecule has 1 rings (SSSR count). The van der Waals surface area contributed by atoms with Gasteiger partial charge in [0.2, 0.25) is 0 Å². The fourth-order valence-corrected chi connectivity index (χ4v) is 0.958. The maximum Gasteiger partial charge on any atom is 0.321 e. The first-order chi connectivity index (χ1) is 7.00. The first-order valence-corrected chi connectivity index (χ1v) is 4.30. The molecule has 1 amide bonds. The zero-order chi connectivity index (χ0) is 11.4. The summed E-state index contributed by atoms with van der Waals surface area (Å²) >= 11 is 0. The molecule has 82 valence electrons. The minimum absolute atomic E-state index is 0.0994. The van der Waals surface area contributed by atoms with Crippen LogP contribution >= 0.6 is 0 Å². The van der Waals surface area contributed by atoms with Gasteiger partial charge < -0.3 is 20.5 Å². The largest absolute Gasteiger partial charge is 0.392 e. The lowest BCUT2D eigenvalue weighted by atomic mass is 10.3. The van der Waals surface area contributed by atoms with Crippen molar-refractivity contribution in [3.05, 3.63) is 27.9 Å². The Labute approximate surface area is 85.3 Å². The number of carbonyl (C=O) groups is 1. The minimum atomic E-state index is -0.654. The molecule has 15 heavy (non-hydrogen) atoms. The number of H-pyrrole nitrogens is 1. The van der Waals surface area contributed by atoms with Crippen molar-refractivity contribution in [1.82, 2.24) is 10.3 Å². The van der Waals surface area contributed by atoms with Crippen LogP contribution in [0.3, 0.4) is 0 Å². The maximum absolute atomic E-state index is 11.3. The molecule has 0 spiro atoms. The number of hydrogen-bond donors (Lipinski definition) is 3. The van der Waals surface area contributed by atoms with Crippen molar-refractivity contribution < 1.29 is 14.8 Å². The summed E-state index contributed by atoms with van der Waals surface area (Å²) in [4.78, 5) is 23.3. The van der Waals surface area contributed by atoms with Gasteiger partial charge in [-0.3, -0.25) is 4.79 Å². The SMILES string of the molecule is CC(O)CNC(=O)c1ccc([N+](=O)[O-])[nH]1. The monoisotopic (exact) mass is 213 g/mol. The van der Waals surface area contributed by atoms with Crippen LogP contribution in [0.2, 0.25) is 0 Å². The Morgan fingerprint density at radius 3 is 2.87 bits per heavy atom. The molecule has 7 heteroatoms. The van der Waals surface area contributed by atoms with E-state index in [0.29, 0.717) is 0 Å². The number of nitrogens with zero attached hydrogens (tertiary/aromatic N) is 1. The van der Waals surface area contributed by atoms with E-state index >= 15 is 0 Å². The Morgan fingerprint density at radius 1 is 1.73 bits per heavy atom. The van der Waals surface area contributed by atoms with Crippen LogP contribution in [0.5, 0.6) is 0 Å². The molecule has 0 aliphatic rings. The van der Waals surface area contributed by atoms with E-state index < -0.39 is 16.9 Å². The third-order valence-electron chi connectivity index (χ3n) is 1.67. The van der Waals surface area contributed by atoms with Crippen LogP contribution in [-0.2, 0) is 0 Å². The molecule has 7 nitrogen and oxygen atoms in total. The van der Waals surface area contributed by atoms with Gasteiger partial charge in [0.05, 0.1) is 6.10 Å². The Kier molecular flexibility index (Phi) is 3.40. The van der Waals surface area contributed by atoms with Crippen molar-refractivity contribution >= 4 is 11.7 Å². The molecular formula is C8H11N3O4. The highest BCUT2D eigenvalue weighted by atomic mass is 16.6. The summed E-state index contributed by atoms with van der Waals surface area (Å²) in [5.74, 6) is -0.721. The smallest absolute Gasteiger partial charge is 0.321 e. The van der Waals surface area contributed by atoms with Crippen LogP contribution in [0.4, 0.5) is 5.82 Å². The normalized spacial score (nSPS) is 12.1. The van der Waals surface area contributed by atoms with E-state index in [1.54, 1.807) is 0 Å². The molecule has 3 N–H and O–H groups in total. The number of nitrogens with one attached hydrogen (secondary N) is 2. The van der Waals surface area contributed by atoms with Gasteiger partial charge in [-0.15, -0.1) is 0 Å². The van der Waals surface area contributed by atoms with Crippen LogP contribution in [-0.4, -0.2) is 33.6 Å². The summed E-state index contributed by atoms with van der Waals surface area (Å²) in [5.41, 5.74) is 0.0994. The lowest BCUT2D eigenvalue weighted by Crippen LogP contribution is -2.30. The second-order valence-corrected chi connectivity index (χ2v) is 3.07. The molecule has 1 aromatic rings. The van der Waals surface area contributed by atoms with Gasteiger partial charge >= 0.3 is 5.82 Å². The van der Waals surface area contributed by atoms with Gasteiger partial charge in [-0.1, -0.05) is 0 Å². The summed E-state index contributed by atoms with van der Waals surface area (Å²) in [6.45, 7) is 1.63. The Morgan fingerprint density at radius 2 is 2.40 bits per heavy atom. The molecule has 0 aromatic carbocycles. The van der Waals surface area contributed by atoms with E-state index in [0.717, 1.165) is 0 Å². The number of rotatable bonds is 4. The lowest BCUT2D eigenvalue weighted by molar-refractivity contribution is -0.389. The van der Waals surface area contributed by atoms with Crippen LogP contribution in [0.25, 0.3) is 0 Å². The van der Waals surface area contributed by atoms with Gasteiger partial charge in [0, 0.05) is 12.6 Å². The average Bonchev–Trinajstić information content (AvgIpc) is 2.62. The predicted molar refractivity (Wildman–Crippen MR) is 51.5 cm³/mol. The standard InChI is InChI=1S/C8H11N3O4/c1-5(12)4-9-8(13)6-2-3-7(10-6)11(14)15/h2-3,5,10,12H,4H2,1H3,(H,9,13). The Balaban J connectivity index is 2.62. The van der Waals surface area contributed by atoms with Crippen molar-refractivity contribution in [2.24, 2.45) is 0 Å². The lowest BCUT2D eigenvalue weighted by Gasteiger charge is -2.03. The van der Waals surface area contributed by atoms with Crippen molar-refractivity contribution in [1.29, 1.82) is 0 Å². The predicted octanol–water partition coefficient (Wildman–Crippen LogP) is 0.0335. The van der Waals surface area contributed by atoms with E-state index in [4.69, 9.17) is 5.11 Å². The van der Waals surface area contributed by atoms with E-state index in [9.17, 15) is 14.9 Å². The van der Waals surface area contributed by atoms with Crippen LogP contribution in [0, 0.1) is 10.1 Å². The third kappa shape index (κ3) is 3.06. The summed E-state index contributed by atoms with van der Waals surface area (Å²) in [6.07, 6.45) is -0.654. The first kappa shape index (κ1) is 11.2. The van der Waals surface area contributed by atoms with Crippen molar-refractivity contribution in [2.75, 3.05) is 6.54 Å². The number of aliphatic hydroxyl groups is 1. The molecular weight excluding hydrogens is 202 g/mol. The Bertz CT molecular complexity index is 372. The number of aromatic nitrogens is 1. The molecule has 0 saturated heterocycles. The zero-order valence-electron chi connectivity index (χ0n) is 8.06. The van der Waals surface area contributed by atoms with Crippen LogP contribution < -0.4 is 5.32 Å². The van der Waals surface area contributed by atoms with Gasteiger partial charge in [0.25, 0.3) is 5.91 Å². The number of aliphatic hydroxyl groups excluding tert-OH is 1. The molecule has 1 aromatic heterocycles. The van der Waals surface area contributed by atoms with Gasteiger partial charge in [0.1, 0.15) is 0 Å². The average molecular weight is 213 g/mol. The molecule has 0 bridgehead atoms. The topological polar surface area (TPSA) is 108 Å². The number of amides is 1. The van der Waals surface area contributed by atoms with Crippen molar-refractivity contribution in [2.45, 2.75) is 13.0 Å². The van der Waals surface area contributed by atoms with Gasteiger partial charge in [-0.2, -0.15) is 0 Å². The number of carbonyl (C=O) groups excluding carboxylic acids is 1. The zero-order valence-corrected chi connectivity index (χ0v) is 8.06. The molecule has 0 fully saturated rings. The number of aromatic amines is 1. The number of nitro groups is 1. The molecule has 1 heterocycles. The minimum Gasteiger partial charge on any atom is -0.392 e. The molecule has 1 unspecified atom stereocenters. The maximum atomic E-state index is 11.3. The summed E-state index contributed by atoms with van der Waals surface area (Å²) < 4.78 is 0. The highest BCUT2D eigenvalue weighted by molar-refractivity contribution is 5.92. The summed E-state index contributed by atoms with van der Waals surface area (Å²) in [5, 5.41) is 21.6. The summed E-state index contributed by atoms with van der Waals surface area (Å²) in [6, 6.07) is 2.52. The van der Waals surface area contributed by atoms with Crippen molar-refractivity contribution in [3.63, 3.8) is 0 Å². The van der Waals surface area contributed by atoms with E-state index in [2.05, 4.69) is 10.3 Å². The first-order valence-electron chi connectivity index (χ1n) is 4.30. The highest BCUT2D eigenvalue weighted by Crippen LogP contribution is 2.09. The number of hydrogen-bond acceptors (Lipinski definition) is 4. The molecule has 1 atom stereocenters. The van der Waals surface area contributed by atoms with Gasteiger partial charge in [-0.05, 0) is 17.9 Å². The van der Waals surface area contributed by atoms with Crippen LogP contribution in [0.1, 0.15) is 17.4 Å². The van der Waals surface area contributed by atoms with Gasteiger partial charge in [-0.25, -0.2) is 4.98 Å². The third-order valence-corrected chi connectivity index (χ3v) is 1.67. The quantitative estimate of drug-likeness (QED) is 0.484.